The summed E-state index contributed by atoms with van der Waals surface area (Å²) in [4.78, 5) is 0. The number of hydrogen-bond donors (Lipinski definition) is 0. The first-order valence-corrected chi connectivity index (χ1v) is 1.58. The Bertz CT molecular complexity index is 46.0. The summed E-state index contributed by atoms with van der Waals surface area (Å²) in [6.45, 7) is 3.45. The first-order chi connectivity index (χ1) is 2.41. The molecule has 0 aliphatic carbocycles. The summed E-state index contributed by atoms with van der Waals surface area (Å²) in [6.07, 6.45) is 1.32. The van der Waals surface area contributed by atoms with Crippen molar-refractivity contribution in [2.24, 2.45) is 0 Å². The molecule has 0 unspecified atom stereocenters. The zero-order valence-corrected chi connectivity index (χ0v) is 4.07. The normalized spacial score (nSPS) is 5.33. The van der Waals surface area contributed by atoms with Crippen LogP contribution in [0.4, 0.5) is 0 Å². The Balaban J connectivity index is 0. The molecule has 0 fully saturated rings. The molecule has 1 nitrogen and oxygen atoms in total. The second-order valence-corrected chi connectivity index (χ2v) is 0.762. The third kappa shape index (κ3) is 8.94. The number of rotatable bonds is 1. The van der Waals surface area contributed by atoms with Crippen LogP contribution >= 0.6 is 0 Å². The predicted molar refractivity (Wildman–Crippen MR) is 20.2 cm³/mol. The molecule has 0 aliphatic rings. The molecule has 0 rings (SSSR count). The quantitative estimate of drug-likeness (QED) is 0.264. The molecular formula is C4H6LiN. The minimum absolute atomic E-state index is 0. The van der Waals surface area contributed by atoms with Crippen molar-refractivity contribution < 1.29 is 18.9 Å². The van der Waals surface area contributed by atoms with E-state index < -0.39 is 0 Å². The van der Waals surface area contributed by atoms with Gasteiger partial charge in [0.05, 0.1) is 6.07 Å². The van der Waals surface area contributed by atoms with Crippen LogP contribution in [0, 0.1) is 18.3 Å². The maximum absolute atomic E-state index is 7.78. The van der Waals surface area contributed by atoms with Gasteiger partial charge in [0.15, 0.2) is 0 Å². The van der Waals surface area contributed by atoms with Crippen LogP contribution in [0.2, 0.25) is 0 Å². The van der Waals surface area contributed by atoms with E-state index in [4.69, 9.17) is 5.26 Å². The van der Waals surface area contributed by atoms with Gasteiger partial charge in [0.1, 0.15) is 0 Å². The van der Waals surface area contributed by atoms with Crippen molar-refractivity contribution in [2.45, 2.75) is 12.8 Å². The summed E-state index contributed by atoms with van der Waals surface area (Å²) in [5, 5.41) is 7.78. The molecule has 0 aromatic rings. The van der Waals surface area contributed by atoms with Gasteiger partial charge in [-0.1, -0.05) is 0 Å². The van der Waals surface area contributed by atoms with Crippen LogP contribution in [0.5, 0.6) is 0 Å². The van der Waals surface area contributed by atoms with Crippen LogP contribution < -0.4 is 18.9 Å². The molecule has 0 spiro atoms. The van der Waals surface area contributed by atoms with Gasteiger partial charge in [0.2, 0.25) is 0 Å². The maximum Gasteiger partial charge on any atom is 1.00 e. The molecule has 2 heteroatoms. The van der Waals surface area contributed by atoms with Gasteiger partial charge in [-0.25, -0.2) is 0 Å². The summed E-state index contributed by atoms with van der Waals surface area (Å²) in [5.74, 6) is 0. The van der Waals surface area contributed by atoms with Gasteiger partial charge in [-0.05, 0) is 0 Å². The minimum Gasteiger partial charge on any atom is -0.342 e. The topological polar surface area (TPSA) is 23.8 Å². The molecule has 28 valence electrons. The van der Waals surface area contributed by atoms with Crippen LogP contribution in [0.1, 0.15) is 12.8 Å². The van der Waals surface area contributed by atoms with E-state index in [1.165, 1.54) is 0 Å². The van der Waals surface area contributed by atoms with Crippen molar-refractivity contribution in [3.05, 3.63) is 6.92 Å². The van der Waals surface area contributed by atoms with Crippen LogP contribution in [0.25, 0.3) is 0 Å². The van der Waals surface area contributed by atoms with E-state index in [1.54, 1.807) is 0 Å². The molecule has 0 saturated heterocycles. The molecule has 0 N–H and O–H groups in total. The van der Waals surface area contributed by atoms with Gasteiger partial charge in [-0.2, -0.15) is 11.7 Å². The zero-order valence-electron chi connectivity index (χ0n) is 4.07. The summed E-state index contributed by atoms with van der Waals surface area (Å²) < 4.78 is 0. The van der Waals surface area contributed by atoms with Gasteiger partial charge < -0.3 is 6.92 Å². The monoisotopic (exact) mass is 75.1 g/mol. The van der Waals surface area contributed by atoms with Crippen LogP contribution in [-0.4, -0.2) is 0 Å². The Morgan fingerprint density at radius 2 is 2.17 bits per heavy atom. The molecule has 0 aromatic carbocycles. The summed E-state index contributed by atoms with van der Waals surface area (Å²) in [5.41, 5.74) is 0. The first kappa shape index (κ1) is 9.43. The van der Waals surface area contributed by atoms with Crippen molar-refractivity contribution in [1.29, 1.82) is 5.26 Å². The third-order valence-electron chi connectivity index (χ3n) is 0.289. The molecule has 0 amide bonds. The average molecular weight is 75.0 g/mol. The Morgan fingerprint density at radius 1 is 1.67 bits per heavy atom. The van der Waals surface area contributed by atoms with Gasteiger partial charge in [0.25, 0.3) is 0 Å². The molecule has 0 aromatic heterocycles. The van der Waals surface area contributed by atoms with E-state index >= 15 is 0 Å². The largest absolute Gasteiger partial charge is 1.00 e. The molecular weight excluding hydrogens is 69.0 g/mol. The van der Waals surface area contributed by atoms with E-state index in [1.807, 2.05) is 6.07 Å². The van der Waals surface area contributed by atoms with E-state index in [9.17, 15) is 0 Å². The van der Waals surface area contributed by atoms with Gasteiger partial charge in [0, 0.05) is 6.42 Å². The van der Waals surface area contributed by atoms with Crippen molar-refractivity contribution in [2.75, 3.05) is 0 Å². The molecule has 0 saturated carbocycles. The number of nitrogens with zero attached hydrogens (tertiary/aromatic N) is 1. The van der Waals surface area contributed by atoms with Crippen molar-refractivity contribution >= 4 is 0 Å². The number of nitriles is 1. The van der Waals surface area contributed by atoms with Gasteiger partial charge in [-0.3, -0.25) is 0 Å². The number of unbranched alkanes of at least 4 members (excludes halogenated alkanes) is 1. The standard InChI is InChI=1S/C4H6N.Li/c1-2-3-4-5;/h1-3H2;/q-1;+1. The van der Waals surface area contributed by atoms with Crippen LogP contribution in [0.3, 0.4) is 0 Å². The Labute approximate surface area is 50.5 Å². The minimum atomic E-state index is 0. The third-order valence-corrected chi connectivity index (χ3v) is 0.289. The maximum atomic E-state index is 7.78. The fourth-order valence-corrected chi connectivity index (χ4v) is 0.0791. The summed E-state index contributed by atoms with van der Waals surface area (Å²) in [7, 11) is 0. The Morgan fingerprint density at radius 3 is 2.17 bits per heavy atom. The van der Waals surface area contributed by atoms with Crippen LogP contribution in [0.15, 0.2) is 0 Å². The van der Waals surface area contributed by atoms with Crippen molar-refractivity contribution in [3.8, 4) is 6.07 Å². The molecule has 0 radical (unpaired) electrons. The second-order valence-electron chi connectivity index (χ2n) is 0.762. The van der Waals surface area contributed by atoms with Crippen molar-refractivity contribution in [3.63, 3.8) is 0 Å². The van der Waals surface area contributed by atoms with Gasteiger partial charge >= 0.3 is 18.9 Å². The summed E-state index contributed by atoms with van der Waals surface area (Å²) in [6, 6.07) is 1.95. The Hall–Kier alpha value is 0.0874. The van der Waals surface area contributed by atoms with E-state index in [-0.39, 0.29) is 18.9 Å². The first-order valence-electron chi connectivity index (χ1n) is 1.58. The number of hydrogen-bond acceptors (Lipinski definition) is 1. The Kier molecular flexibility index (Phi) is 14.0. The molecule has 0 aliphatic heterocycles. The van der Waals surface area contributed by atoms with E-state index in [0.717, 1.165) is 6.42 Å². The van der Waals surface area contributed by atoms with E-state index in [0.29, 0.717) is 6.42 Å². The second kappa shape index (κ2) is 8.92. The molecule has 0 atom stereocenters. The van der Waals surface area contributed by atoms with Crippen LogP contribution in [-0.2, 0) is 0 Å². The fourth-order valence-electron chi connectivity index (χ4n) is 0.0791. The van der Waals surface area contributed by atoms with E-state index in [2.05, 4.69) is 6.92 Å². The zero-order chi connectivity index (χ0) is 4.12. The molecule has 0 bridgehead atoms. The molecule has 0 heterocycles. The van der Waals surface area contributed by atoms with Gasteiger partial charge in [-0.15, -0.1) is 0 Å². The summed E-state index contributed by atoms with van der Waals surface area (Å²) >= 11 is 0. The smallest absolute Gasteiger partial charge is 0.342 e. The fraction of sp³-hybridized carbons (Fsp3) is 0.500. The average Bonchev–Trinajstić information content (AvgIpc) is 1.41. The van der Waals surface area contributed by atoms with Crippen molar-refractivity contribution in [1.82, 2.24) is 0 Å². The SMILES string of the molecule is [CH2-]CCC#N.[Li+]. The molecule has 6 heavy (non-hydrogen) atoms. The predicted octanol–water partition coefficient (Wildman–Crippen LogP) is -1.87.